The van der Waals surface area contributed by atoms with Crippen LogP contribution in [0.2, 0.25) is 5.02 Å². The van der Waals surface area contributed by atoms with Gasteiger partial charge in [-0.3, -0.25) is 4.79 Å². The van der Waals surface area contributed by atoms with Crippen LogP contribution in [0.15, 0.2) is 30.5 Å². The first-order valence-electron chi connectivity index (χ1n) is 8.75. The van der Waals surface area contributed by atoms with Crippen LogP contribution in [0.4, 0.5) is 11.6 Å². The lowest BCUT2D eigenvalue weighted by Gasteiger charge is -2.35. The van der Waals surface area contributed by atoms with Crippen molar-refractivity contribution in [3.63, 3.8) is 0 Å². The number of carbonyl (C=O) groups excluding carboxylic acids is 1. The monoisotopic (exact) mass is 358 g/mol. The molecule has 0 spiro atoms. The second-order valence-corrected chi connectivity index (χ2v) is 6.82. The maximum Gasteiger partial charge on any atom is 0.272 e. The van der Waals surface area contributed by atoms with Crippen molar-refractivity contribution in [2.75, 3.05) is 11.9 Å². The Morgan fingerprint density at radius 2 is 2.20 bits per heavy atom. The number of aromatic nitrogens is 2. The highest BCUT2D eigenvalue weighted by Gasteiger charge is 2.27. The Hall–Kier alpha value is -2.14. The van der Waals surface area contributed by atoms with Crippen LogP contribution in [0.1, 0.15) is 48.7 Å². The Labute approximate surface area is 153 Å². The Bertz CT molecular complexity index is 765. The molecule has 1 amide bonds. The molecule has 25 heavy (non-hydrogen) atoms. The molecule has 1 aromatic heterocycles. The topological polar surface area (TPSA) is 58.1 Å². The summed E-state index contributed by atoms with van der Waals surface area (Å²) in [7, 11) is 0. The van der Waals surface area contributed by atoms with Gasteiger partial charge in [-0.25, -0.2) is 9.97 Å². The standard InChI is InChI=1S/C19H23ClN4O/c1-3-15-6-4-5-11-24(15)18(25)17-9-10-21-19(23-17)22-14-8-7-13(2)16(20)12-14/h7-10,12,15H,3-6,11H2,1-2H3,(H,21,22,23). The van der Waals surface area contributed by atoms with Gasteiger partial charge in [0.05, 0.1) is 0 Å². The molecular formula is C19H23ClN4O. The van der Waals surface area contributed by atoms with Crippen LogP contribution < -0.4 is 5.32 Å². The molecule has 2 aromatic rings. The second kappa shape index (κ2) is 7.83. The van der Waals surface area contributed by atoms with E-state index < -0.39 is 0 Å². The minimum Gasteiger partial charge on any atom is -0.334 e. The molecule has 132 valence electrons. The number of nitrogens with zero attached hydrogens (tertiary/aromatic N) is 3. The third kappa shape index (κ3) is 4.10. The summed E-state index contributed by atoms with van der Waals surface area (Å²) in [5.74, 6) is 0.384. The van der Waals surface area contributed by atoms with Crippen molar-refractivity contribution in [1.29, 1.82) is 0 Å². The number of rotatable bonds is 4. The van der Waals surface area contributed by atoms with E-state index in [1.807, 2.05) is 30.0 Å². The van der Waals surface area contributed by atoms with Crippen molar-refractivity contribution in [2.45, 2.75) is 45.6 Å². The lowest BCUT2D eigenvalue weighted by Crippen LogP contribution is -2.43. The number of likely N-dealkylation sites (tertiary alicyclic amines) is 1. The van der Waals surface area contributed by atoms with E-state index in [9.17, 15) is 4.79 Å². The van der Waals surface area contributed by atoms with Crippen molar-refractivity contribution in [2.24, 2.45) is 0 Å². The van der Waals surface area contributed by atoms with Crippen molar-refractivity contribution >= 4 is 29.1 Å². The van der Waals surface area contributed by atoms with Crippen molar-refractivity contribution in [1.82, 2.24) is 14.9 Å². The van der Waals surface area contributed by atoms with Gasteiger partial charge in [0.25, 0.3) is 5.91 Å². The molecule has 5 nitrogen and oxygen atoms in total. The molecule has 2 heterocycles. The van der Waals surface area contributed by atoms with Crippen LogP contribution in [0.25, 0.3) is 0 Å². The predicted octanol–water partition coefficient (Wildman–Crippen LogP) is 4.59. The average molecular weight is 359 g/mol. The fourth-order valence-corrected chi connectivity index (χ4v) is 3.36. The van der Waals surface area contributed by atoms with Crippen molar-refractivity contribution in [3.05, 3.63) is 46.7 Å². The van der Waals surface area contributed by atoms with E-state index >= 15 is 0 Å². The van der Waals surface area contributed by atoms with Gasteiger partial charge in [0.1, 0.15) is 5.69 Å². The molecule has 1 aromatic carbocycles. The van der Waals surface area contributed by atoms with Crippen molar-refractivity contribution in [3.8, 4) is 0 Å². The fraction of sp³-hybridized carbons (Fsp3) is 0.421. The Balaban J connectivity index is 1.78. The van der Waals surface area contributed by atoms with E-state index in [-0.39, 0.29) is 5.91 Å². The van der Waals surface area contributed by atoms with Gasteiger partial charge in [0.15, 0.2) is 0 Å². The van der Waals surface area contributed by atoms with E-state index in [0.717, 1.165) is 37.1 Å². The molecule has 1 aliphatic heterocycles. The van der Waals surface area contributed by atoms with E-state index in [4.69, 9.17) is 11.6 Å². The van der Waals surface area contributed by atoms with Crippen LogP contribution in [0.5, 0.6) is 0 Å². The number of nitrogens with one attached hydrogen (secondary N) is 1. The van der Waals surface area contributed by atoms with Gasteiger partial charge >= 0.3 is 0 Å². The molecule has 0 aliphatic carbocycles. The number of aryl methyl sites for hydroxylation is 1. The van der Waals surface area contributed by atoms with E-state index in [2.05, 4.69) is 22.2 Å². The third-order valence-corrected chi connectivity index (χ3v) is 5.07. The van der Waals surface area contributed by atoms with Gasteiger partial charge in [-0.2, -0.15) is 0 Å². The summed E-state index contributed by atoms with van der Waals surface area (Å²) in [6.45, 7) is 4.88. The number of piperidine rings is 1. The van der Waals surface area contributed by atoms with Crippen LogP contribution >= 0.6 is 11.6 Å². The van der Waals surface area contributed by atoms with E-state index in [1.54, 1.807) is 12.3 Å². The number of amides is 1. The highest BCUT2D eigenvalue weighted by atomic mass is 35.5. The maximum absolute atomic E-state index is 12.9. The zero-order valence-electron chi connectivity index (χ0n) is 14.6. The maximum atomic E-state index is 12.9. The van der Waals surface area contributed by atoms with Crippen molar-refractivity contribution < 1.29 is 4.79 Å². The minimum absolute atomic E-state index is 0.0149. The summed E-state index contributed by atoms with van der Waals surface area (Å²) in [5.41, 5.74) is 2.23. The van der Waals surface area contributed by atoms with E-state index in [1.165, 1.54) is 6.42 Å². The minimum atomic E-state index is -0.0149. The lowest BCUT2D eigenvalue weighted by atomic mass is 9.99. The molecule has 0 radical (unpaired) electrons. The number of anilines is 2. The third-order valence-electron chi connectivity index (χ3n) is 4.66. The number of hydrogen-bond acceptors (Lipinski definition) is 4. The van der Waals surface area contributed by atoms with Gasteiger partial charge < -0.3 is 10.2 Å². The first-order chi connectivity index (χ1) is 12.1. The number of carbonyl (C=O) groups is 1. The van der Waals surface area contributed by atoms with Gasteiger partial charge in [0, 0.05) is 29.5 Å². The second-order valence-electron chi connectivity index (χ2n) is 6.41. The van der Waals surface area contributed by atoms with E-state index in [0.29, 0.717) is 22.7 Å². The van der Waals surface area contributed by atoms with Gasteiger partial charge in [0.2, 0.25) is 5.95 Å². The number of halogens is 1. The number of benzene rings is 1. The average Bonchev–Trinajstić information content (AvgIpc) is 2.64. The first kappa shape index (κ1) is 17.7. The molecule has 1 saturated heterocycles. The van der Waals surface area contributed by atoms with Crippen LogP contribution in [0, 0.1) is 6.92 Å². The van der Waals surface area contributed by atoms with Crippen LogP contribution in [-0.4, -0.2) is 33.4 Å². The molecule has 1 atom stereocenters. The smallest absolute Gasteiger partial charge is 0.272 e. The molecule has 3 rings (SSSR count). The molecular weight excluding hydrogens is 336 g/mol. The summed E-state index contributed by atoms with van der Waals surface area (Å²) in [4.78, 5) is 23.4. The molecule has 1 unspecified atom stereocenters. The molecule has 1 aliphatic rings. The quantitative estimate of drug-likeness (QED) is 0.868. The summed E-state index contributed by atoms with van der Waals surface area (Å²) in [6, 6.07) is 7.66. The normalized spacial score (nSPS) is 17.4. The Morgan fingerprint density at radius 3 is 2.96 bits per heavy atom. The highest BCUT2D eigenvalue weighted by molar-refractivity contribution is 6.31. The summed E-state index contributed by atoms with van der Waals surface area (Å²) < 4.78 is 0. The SMILES string of the molecule is CCC1CCCCN1C(=O)c1ccnc(Nc2ccc(C)c(Cl)c2)n1. The molecule has 6 heteroatoms. The first-order valence-corrected chi connectivity index (χ1v) is 9.13. The largest absolute Gasteiger partial charge is 0.334 e. The van der Waals surface area contributed by atoms with Gasteiger partial charge in [-0.1, -0.05) is 24.6 Å². The predicted molar refractivity (Wildman–Crippen MR) is 100 cm³/mol. The number of hydrogen-bond donors (Lipinski definition) is 1. The van der Waals surface area contributed by atoms with Crippen LogP contribution in [0.3, 0.4) is 0 Å². The van der Waals surface area contributed by atoms with Gasteiger partial charge in [-0.05, 0) is 56.4 Å². The summed E-state index contributed by atoms with van der Waals surface area (Å²) in [5, 5.41) is 3.80. The molecule has 1 fully saturated rings. The molecule has 0 bridgehead atoms. The summed E-state index contributed by atoms with van der Waals surface area (Å²) >= 11 is 6.15. The molecule has 0 saturated carbocycles. The Kier molecular flexibility index (Phi) is 5.53. The van der Waals surface area contributed by atoms with Crippen LogP contribution in [-0.2, 0) is 0 Å². The molecule has 1 N–H and O–H groups in total. The lowest BCUT2D eigenvalue weighted by molar-refractivity contribution is 0.0602. The summed E-state index contributed by atoms with van der Waals surface area (Å²) in [6.07, 6.45) is 5.90. The zero-order chi connectivity index (χ0) is 17.8. The zero-order valence-corrected chi connectivity index (χ0v) is 15.4. The highest BCUT2D eigenvalue weighted by Crippen LogP contribution is 2.23. The fourth-order valence-electron chi connectivity index (χ4n) is 3.18. The van der Waals surface area contributed by atoms with Gasteiger partial charge in [-0.15, -0.1) is 0 Å². The Morgan fingerprint density at radius 1 is 1.36 bits per heavy atom.